The lowest BCUT2D eigenvalue weighted by Gasteiger charge is -2.24. The highest BCUT2D eigenvalue weighted by atomic mass is 35.5. The van der Waals surface area contributed by atoms with Crippen LogP contribution in [0.3, 0.4) is 0 Å². The third-order valence-electron chi connectivity index (χ3n) is 6.86. The van der Waals surface area contributed by atoms with Crippen molar-refractivity contribution in [2.75, 3.05) is 43.5 Å². The number of amides is 2. The molecule has 1 unspecified atom stereocenters. The van der Waals surface area contributed by atoms with Crippen molar-refractivity contribution in [1.29, 1.82) is 0 Å². The SMILES string of the molecule is CCCC(=O)N(C)CCC(OCc1cccc(N2CCN(C)c3cc(Cl)ncc3C2=O)c1)c1ccccc1. The molecule has 7 nitrogen and oxygen atoms in total. The van der Waals surface area contributed by atoms with Gasteiger partial charge in [0.15, 0.2) is 0 Å². The van der Waals surface area contributed by atoms with Gasteiger partial charge >= 0.3 is 0 Å². The number of hydrogen-bond donors (Lipinski definition) is 0. The molecule has 2 heterocycles. The number of fused-ring (bicyclic) bond motifs is 1. The highest BCUT2D eigenvalue weighted by Gasteiger charge is 2.27. The van der Waals surface area contributed by atoms with E-state index in [0.29, 0.717) is 49.8 Å². The van der Waals surface area contributed by atoms with Crippen LogP contribution in [0.2, 0.25) is 5.15 Å². The van der Waals surface area contributed by atoms with Crippen LogP contribution in [0.5, 0.6) is 0 Å². The maximum absolute atomic E-state index is 13.5. The molecule has 0 fully saturated rings. The van der Waals surface area contributed by atoms with E-state index in [4.69, 9.17) is 16.3 Å². The molecule has 2 amide bonds. The first-order valence-electron chi connectivity index (χ1n) is 13.1. The van der Waals surface area contributed by atoms with E-state index < -0.39 is 0 Å². The molecular formula is C30H35ClN4O3. The topological polar surface area (TPSA) is 66.0 Å². The number of carbonyl (C=O) groups is 2. The summed E-state index contributed by atoms with van der Waals surface area (Å²) in [7, 11) is 3.80. The number of anilines is 2. The maximum Gasteiger partial charge on any atom is 0.262 e. The number of carbonyl (C=O) groups excluding carboxylic acids is 2. The third-order valence-corrected chi connectivity index (χ3v) is 7.06. The van der Waals surface area contributed by atoms with Crippen molar-refractivity contribution in [3.63, 3.8) is 0 Å². The number of pyridine rings is 1. The fraction of sp³-hybridized carbons (Fsp3) is 0.367. The van der Waals surface area contributed by atoms with Gasteiger partial charge < -0.3 is 19.4 Å². The van der Waals surface area contributed by atoms with Gasteiger partial charge in [0.1, 0.15) is 5.15 Å². The number of halogens is 1. The van der Waals surface area contributed by atoms with E-state index in [9.17, 15) is 9.59 Å². The van der Waals surface area contributed by atoms with Gasteiger partial charge in [-0.15, -0.1) is 0 Å². The second-order valence-electron chi connectivity index (χ2n) is 9.64. The summed E-state index contributed by atoms with van der Waals surface area (Å²) in [4.78, 5) is 35.5. The van der Waals surface area contributed by atoms with Gasteiger partial charge in [0.25, 0.3) is 5.91 Å². The van der Waals surface area contributed by atoms with Crippen molar-refractivity contribution in [1.82, 2.24) is 9.88 Å². The Labute approximate surface area is 230 Å². The second-order valence-corrected chi connectivity index (χ2v) is 10.0. The van der Waals surface area contributed by atoms with Gasteiger partial charge in [0.05, 0.1) is 24.0 Å². The monoisotopic (exact) mass is 534 g/mol. The van der Waals surface area contributed by atoms with Crippen molar-refractivity contribution >= 4 is 34.8 Å². The summed E-state index contributed by atoms with van der Waals surface area (Å²) in [6.45, 7) is 4.22. The normalized spacial score (nSPS) is 14.2. The zero-order valence-corrected chi connectivity index (χ0v) is 23.0. The van der Waals surface area contributed by atoms with Crippen LogP contribution in [0.4, 0.5) is 11.4 Å². The van der Waals surface area contributed by atoms with E-state index in [0.717, 1.165) is 28.9 Å². The van der Waals surface area contributed by atoms with Crippen LogP contribution in [0.15, 0.2) is 66.9 Å². The molecule has 1 aliphatic heterocycles. The standard InChI is InChI=1S/C30H35ClN4O3/c1-4-9-29(36)34(3)15-14-27(23-11-6-5-7-12-23)38-21-22-10-8-13-24(18-22)35-17-16-33(2)26-19-28(31)32-20-25(26)30(35)37/h5-8,10-13,18-20,27H,4,9,14-17,21H2,1-3H3. The van der Waals surface area contributed by atoms with Crippen LogP contribution in [0.25, 0.3) is 0 Å². The van der Waals surface area contributed by atoms with E-state index in [1.165, 1.54) is 0 Å². The predicted molar refractivity (Wildman–Crippen MR) is 152 cm³/mol. The molecule has 0 saturated heterocycles. The molecule has 4 rings (SSSR count). The molecule has 38 heavy (non-hydrogen) atoms. The van der Waals surface area contributed by atoms with Crippen LogP contribution >= 0.6 is 11.6 Å². The zero-order valence-electron chi connectivity index (χ0n) is 22.3. The molecule has 0 bridgehead atoms. The lowest BCUT2D eigenvalue weighted by molar-refractivity contribution is -0.130. The van der Waals surface area contributed by atoms with Gasteiger partial charge in [-0.2, -0.15) is 0 Å². The predicted octanol–water partition coefficient (Wildman–Crippen LogP) is 5.74. The highest BCUT2D eigenvalue weighted by Crippen LogP contribution is 2.30. The van der Waals surface area contributed by atoms with Crippen molar-refractivity contribution in [3.05, 3.63) is 88.7 Å². The van der Waals surface area contributed by atoms with Gasteiger partial charge in [-0.1, -0.05) is 61.0 Å². The van der Waals surface area contributed by atoms with Gasteiger partial charge in [0.2, 0.25) is 5.91 Å². The van der Waals surface area contributed by atoms with E-state index in [1.807, 2.05) is 68.4 Å². The summed E-state index contributed by atoms with van der Waals surface area (Å²) < 4.78 is 6.41. The van der Waals surface area contributed by atoms with Crippen LogP contribution in [-0.4, -0.2) is 55.4 Å². The van der Waals surface area contributed by atoms with Gasteiger partial charge in [-0.05, 0) is 42.2 Å². The first-order valence-corrected chi connectivity index (χ1v) is 13.4. The second kappa shape index (κ2) is 12.9. The smallest absolute Gasteiger partial charge is 0.262 e. The summed E-state index contributed by atoms with van der Waals surface area (Å²) in [5.74, 6) is 0.0485. The molecule has 1 atom stereocenters. The molecule has 0 N–H and O–H groups in total. The summed E-state index contributed by atoms with van der Waals surface area (Å²) in [6, 6.07) is 19.7. The molecule has 8 heteroatoms. The maximum atomic E-state index is 13.5. The van der Waals surface area contributed by atoms with Crippen LogP contribution in [0.1, 0.15) is 53.8 Å². The molecule has 0 saturated carbocycles. The van der Waals surface area contributed by atoms with Crippen LogP contribution in [0, 0.1) is 0 Å². The number of nitrogens with zero attached hydrogens (tertiary/aromatic N) is 4. The Kier molecular flexibility index (Phi) is 9.37. The number of rotatable bonds is 10. The molecule has 0 spiro atoms. The fourth-order valence-electron chi connectivity index (χ4n) is 4.63. The summed E-state index contributed by atoms with van der Waals surface area (Å²) >= 11 is 6.09. The molecule has 0 radical (unpaired) electrons. The van der Waals surface area contributed by atoms with Gasteiger partial charge in [-0.25, -0.2) is 4.98 Å². The third kappa shape index (κ3) is 6.71. The number of ether oxygens (including phenoxy) is 1. The number of benzene rings is 2. The Morgan fingerprint density at radius 2 is 1.92 bits per heavy atom. The van der Waals surface area contributed by atoms with Crippen molar-refractivity contribution in [3.8, 4) is 0 Å². The largest absolute Gasteiger partial charge is 0.372 e. The molecule has 1 aromatic heterocycles. The van der Waals surface area contributed by atoms with Crippen LogP contribution in [-0.2, 0) is 16.1 Å². The number of likely N-dealkylation sites (N-methyl/N-ethyl adjacent to an activating group) is 1. The molecule has 1 aliphatic rings. The lowest BCUT2D eigenvalue weighted by atomic mass is 10.1. The summed E-state index contributed by atoms with van der Waals surface area (Å²) in [6.07, 6.45) is 3.48. The number of hydrogen-bond acceptors (Lipinski definition) is 5. The van der Waals surface area contributed by atoms with Gasteiger partial charge in [0, 0.05) is 52.0 Å². The average Bonchev–Trinajstić information content (AvgIpc) is 3.05. The highest BCUT2D eigenvalue weighted by molar-refractivity contribution is 6.30. The molecular weight excluding hydrogens is 500 g/mol. The zero-order chi connectivity index (χ0) is 27.1. The molecule has 2 aromatic carbocycles. The molecule has 3 aromatic rings. The Bertz CT molecular complexity index is 1250. The summed E-state index contributed by atoms with van der Waals surface area (Å²) in [5, 5.41) is 0.366. The Hall–Kier alpha value is -3.42. The van der Waals surface area contributed by atoms with Crippen molar-refractivity contribution in [2.45, 2.75) is 38.9 Å². The van der Waals surface area contributed by atoms with E-state index in [2.05, 4.69) is 17.1 Å². The Morgan fingerprint density at radius 3 is 2.68 bits per heavy atom. The first-order chi connectivity index (χ1) is 18.4. The average molecular weight is 535 g/mol. The van der Waals surface area contributed by atoms with Crippen molar-refractivity contribution < 1.29 is 14.3 Å². The minimum Gasteiger partial charge on any atom is -0.372 e. The van der Waals surface area contributed by atoms with Crippen molar-refractivity contribution in [2.24, 2.45) is 0 Å². The first kappa shape index (κ1) is 27.6. The fourth-order valence-corrected chi connectivity index (χ4v) is 4.78. The Morgan fingerprint density at radius 1 is 1.13 bits per heavy atom. The lowest BCUT2D eigenvalue weighted by Crippen LogP contribution is -2.33. The van der Waals surface area contributed by atoms with E-state index in [1.54, 1.807) is 22.1 Å². The quantitative estimate of drug-likeness (QED) is 0.310. The van der Waals surface area contributed by atoms with E-state index in [-0.39, 0.29) is 17.9 Å². The summed E-state index contributed by atoms with van der Waals surface area (Å²) in [5.41, 5.74) is 4.17. The van der Waals surface area contributed by atoms with Gasteiger partial charge in [-0.3, -0.25) is 9.59 Å². The minimum atomic E-state index is -0.159. The molecule has 200 valence electrons. The Balaban J connectivity index is 1.48. The number of aromatic nitrogens is 1. The minimum absolute atomic E-state index is 0.103. The van der Waals surface area contributed by atoms with E-state index >= 15 is 0 Å². The molecule has 0 aliphatic carbocycles. The van der Waals surface area contributed by atoms with Crippen LogP contribution < -0.4 is 9.80 Å².